The zero-order valence-corrected chi connectivity index (χ0v) is 19.5. The molecule has 1 aliphatic carbocycles. The minimum Gasteiger partial charge on any atom is -0.493 e. The zero-order chi connectivity index (χ0) is 24.1. The molecule has 1 heterocycles. The second kappa shape index (κ2) is 10.2. The molecule has 6 heteroatoms. The molecule has 0 amide bonds. The van der Waals surface area contributed by atoms with Gasteiger partial charge in [-0.2, -0.15) is 0 Å². The quantitative estimate of drug-likeness (QED) is 0.414. The molecule has 1 aromatic heterocycles. The third-order valence-corrected chi connectivity index (χ3v) is 6.95. The molecule has 1 fully saturated rings. The van der Waals surface area contributed by atoms with Crippen LogP contribution in [0.5, 0.6) is 11.5 Å². The standard InChI is InChI=1S/C28H30FNO4/c1-3-28(27(31)32,21-14-16-30-17-15-21)26(19-8-11-22(29)12-9-19)20-10-13-24(33-2)25(18-20)34-23-6-4-5-7-23/h8-18,23,26H,3-7H2,1-2H3,(H,31,32). The monoisotopic (exact) mass is 463 g/mol. The Morgan fingerprint density at radius 2 is 1.71 bits per heavy atom. The van der Waals surface area contributed by atoms with Gasteiger partial charge in [-0.25, -0.2) is 4.39 Å². The third kappa shape index (κ3) is 4.49. The number of carboxylic acid groups (broad SMARTS) is 1. The lowest BCUT2D eigenvalue weighted by Gasteiger charge is -2.38. The van der Waals surface area contributed by atoms with Crippen LogP contribution < -0.4 is 9.47 Å². The number of nitrogens with zero attached hydrogens (tertiary/aromatic N) is 1. The van der Waals surface area contributed by atoms with E-state index >= 15 is 0 Å². The van der Waals surface area contributed by atoms with Crippen LogP contribution in [0, 0.1) is 5.82 Å². The van der Waals surface area contributed by atoms with E-state index in [1.165, 1.54) is 12.1 Å². The highest BCUT2D eigenvalue weighted by Gasteiger charge is 2.47. The van der Waals surface area contributed by atoms with Crippen molar-refractivity contribution >= 4 is 5.97 Å². The first-order chi connectivity index (χ1) is 16.5. The summed E-state index contributed by atoms with van der Waals surface area (Å²) in [5.74, 6) is -0.720. The van der Waals surface area contributed by atoms with Crippen LogP contribution in [0.25, 0.3) is 0 Å². The molecule has 1 saturated carbocycles. The van der Waals surface area contributed by atoms with Gasteiger partial charge in [-0.05, 0) is 85.2 Å². The highest BCUT2D eigenvalue weighted by atomic mass is 19.1. The van der Waals surface area contributed by atoms with Crippen molar-refractivity contribution in [2.75, 3.05) is 7.11 Å². The molecule has 3 aromatic rings. The minimum absolute atomic E-state index is 0.115. The van der Waals surface area contributed by atoms with Gasteiger partial charge in [0.15, 0.2) is 11.5 Å². The highest BCUT2D eigenvalue weighted by molar-refractivity contribution is 5.84. The number of rotatable bonds is 9. The molecule has 0 bridgehead atoms. The summed E-state index contributed by atoms with van der Waals surface area (Å²) in [4.78, 5) is 17.1. The van der Waals surface area contributed by atoms with Crippen molar-refractivity contribution in [2.45, 2.75) is 56.5 Å². The fourth-order valence-electron chi connectivity index (χ4n) is 5.19. The molecule has 0 radical (unpaired) electrons. The van der Waals surface area contributed by atoms with E-state index in [0.717, 1.165) is 31.2 Å². The lowest BCUT2D eigenvalue weighted by molar-refractivity contribution is -0.144. The van der Waals surface area contributed by atoms with Crippen LogP contribution in [-0.4, -0.2) is 29.3 Å². The van der Waals surface area contributed by atoms with Crippen molar-refractivity contribution in [1.29, 1.82) is 0 Å². The Kier molecular flexibility index (Phi) is 7.15. The van der Waals surface area contributed by atoms with E-state index in [-0.39, 0.29) is 11.9 Å². The van der Waals surface area contributed by atoms with Crippen LogP contribution in [0.15, 0.2) is 67.0 Å². The van der Waals surface area contributed by atoms with Crippen LogP contribution in [0.3, 0.4) is 0 Å². The van der Waals surface area contributed by atoms with Gasteiger partial charge < -0.3 is 14.6 Å². The first-order valence-corrected chi connectivity index (χ1v) is 11.7. The molecule has 178 valence electrons. The highest BCUT2D eigenvalue weighted by Crippen LogP contribution is 2.48. The minimum atomic E-state index is -1.31. The molecule has 2 aromatic carbocycles. The number of pyridine rings is 1. The molecule has 0 saturated heterocycles. The summed E-state index contributed by atoms with van der Waals surface area (Å²) < 4.78 is 25.7. The van der Waals surface area contributed by atoms with Gasteiger partial charge in [-0.15, -0.1) is 0 Å². The van der Waals surface area contributed by atoms with Crippen molar-refractivity contribution in [3.05, 3.63) is 89.5 Å². The normalized spacial score (nSPS) is 16.6. The van der Waals surface area contributed by atoms with E-state index in [1.54, 1.807) is 43.8 Å². The SMILES string of the molecule is CCC(C(=O)O)(c1ccncc1)C(c1ccc(F)cc1)c1ccc(OC)c(OC2CCCC2)c1. The number of hydrogen-bond donors (Lipinski definition) is 1. The van der Waals surface area contributed by atoms with Crippen molar-refractivity contribution in [3.63, 3.8) is 0 Å². The number of aromatic nitrogens is 1. The van der Waals surface area contributed by atoms with Crippen LogP contribution >= 0.6 is 0 Å². The average Bonchev–Trinajstić information content (AvgIpc) is 3.37. The molecular weight excluding hydrogens is 433 g/mol. The van der Waals surface area contributed by atoms with Gasteiger partial charge in [0, 0.05) is 18.3 Å². The van der Waals surface area contributed by atoms with Gasteiger partial charge >= 0.3 is 5.97 Å². The van der Waals surface area contributed by atoms with Gasteiger partial charge in [0.1, 0.15) is 11.2 Å². The largest absolute Gasteiger partial charge is 0.493 e. The van der Waals surface area contributed by atoms with Gasteiger partial charge in [0.2, 0.25) is 0 Å². The number of benzene rings is 2. The zero-order valence-electron chi connectivity index (χ0n) is 19.5. The summed E-state index contributed by atoms with van der Waals surface area (Å²) in [6.07, 6.45) is 7.87. The van der Waals surface area contributed by atoms with Gasteiger partial charge in [0.05, 0.1) is 13.2 Å². The Bertz CT molecular complexity index is 1110. The topological polar surface area (TPSA) is 68.7 Å². The maximum atomic E-state index is 13.8. The molecular formula is C28H30FNO4. The first kappa shape index (κ1) is 23.7. The summed E-state index contributed by atoms with van der Waals surface area (Å²) in [7, 11) is 1.60. The van der Waals surface area contributed by atoms with Crippen LogP contribution in [0.2, 0.25) is 0 Å². The summed E-state index contributed by atoms with van der Waals surface area (Å²) in [5.41, 5.74) is 0.807. The van der Waals surface area contributed by atoms with Crippen LogP contribution in [-0.2, 0) is 10.2 Å². The second-order valence-electron chi connectivity index (χ2n) is 8.79. The number of aliphatic carboxylic acids is 1. The lowest BCUT2D eigenvalue weighted by Crippen LogP contribution is -2.42. The Hall–Kier alpha value is -3.41. The van der Waals surface area contributed by atoms with Crippen molar-refractivity contribution in [2.24, 2.45) is 0 Å². The van der Waals surface area contributed by atoms with E-state index in [0.29, 0.717) is 29.0 Å². The van der Waals surface area contributed by atoms with Crippen molar-refractivity contribution in [1.82, 2.24) is 4.98 Å². The van der Waals surface area contributed by atoms with Gasteiger partial charge in [0.25, 0.3) is 0 Å². The van der Waals surface area contributed by atoms with Crippen LogP contribution in [0.4, 0.5) is 4.39 Å². The first-order valence-electron chi connectivity index (χ1n) is 11.7. The Labute approximate surface area is 199 Å². The van der Waals surface area contributed by atoms with Gasteiger partial charge in [-0.1, -0.05) is 25.1 Å². The van der Waals surface area contributed by atoms with Crippen molar-refractivity contribution in [3.8, 4) is 11.5 Å². The molecule has 0 aliphatic heterocycles. The predicted molar refractivity (Wildman–Crippen MR) is 128 cm³/mol. The number of carboxylic acids is 1. The maximum Gasteiger partial charge on any atom is 0.315 e. The summed E-state index contributed by atoms with van der Waals surface area (Å²) in [5, 5.41) is 10.7. The molecule has 4 rings (SSSR count). The van der Waals surface area contributed by atoms with Crippen LogP contribution in [0.1, 0.15) is 61.6 Å². The number of hydrogen-bond acceptors (Lipinski definition) is 4. The predicted octanol–water partition coefficient (Wildman–Crippen LogP) is 6.12. The maximum absolute atomic E-state index is 13.8. The fraction of sp³-hybridized carbons (Fsp3) is 0.357. The number of carbonyl (C=O) groups is 1. The van der Waals surface area contributed by atoms with E-state index < -0.39 is 17.3 Å². The smallest absolute Gasteiger partial charge is 0.315 e. The molecule has 2 atom stereocenters. The number of halogens is 1. The number of ether oxygens (including phenoxy) is 2. The second-order valence-corrected chi connectivity index (χ2v) is 8.79. The molecule has 1 N–H and O–H groups in total. The van der Waals surface area contributed by atoms with E-state index in [4.69, 9.17) is 9.47 Å². The molecule has 0 spiro atoms. The Morgan fingerprint density at radius 1 is 1.06 bits per heavy atom. The summed E-state index contributed by atoms with van der Waals surface area (Å²) in [6.45, 7) is 1.87. The van der Waals surface area contributed by atoms with E-state index in [9.17, 15) is 14.3 Å². The molecule has 34 heavy (non-hydrogen) atoms. The molecule has 2 unspecified atom stereocenters. The summed E-state index contributed by atoms with van der Waals surface area (Å²) >= 11 is 0. The molecule has 5 nitrogen and oxygen atoms in total. The average molecular weight is 464 g/mol. The Morgan fingerprint density at radius 3 is 2.29 bits per heavy atom. The van der Waals surface area contributed by atoms with E-state index in [1.807, 2.05) is 25.1 Å². The molecule has 1 aliphatic rings. The third-order valence-electron chi connectivity index (χ3n) is 6.95. The van der Waals surface area contributed by atoms with Crippen molar-refractivity contribution < 1.29 is 23.8 Å². The van der Waals surface area contributed by atoms with E-state index in [2.05, 4.69) is 4.98 Å². The van der Waals surface area contributed by atoms with Gasteiger partial charge in [-0.3, -0.25) is 9.78 Å². The lowest BCUT2D eigenvalue weighted by atomic mass is 9.63. The number of methoxy groups -OCH3 is 1. The Balaban J connectivity index is 1.92. The fourth-order valence-corrected chi connectivity index (χ4v) is 5.19. The summed E-state index contributed by atoms with van der Waals surface area (Å²) in [6, 6.07) is 15.1.